The zero-order chi connectivity index (χ0) is 43.8. The number of imidazole rings is 2. The van der Waals surface area contributed by atoms with Crippen LogP contribution in [0.5, 0.6) is 0 Å². The normalized spacial score (nSPS) is 10.8. The van der Waals surface area contributed by atoms with E-state index in [0.29, 0.717) is 11.8 Å². The molecule has 5 heteroatoms. The van der Waals surface area contributed by atoms with Gasteiger partial charge in [0.15, 0.2) is 0 Å². The molecule has 2 heterocycles. The van der Waals surface area contributed by atoms with E-state index in [2.05, 4.69) is 231 Å². The fraction of sp³-hybridized carbons (Fsp3) is 0.115. The Kier molecular flexibility index (Phi) is 15.4. The predicted octanol–water partition coefficient (Wildman–Crippen LogP) is 16.4. The maximum atomic E-state index is 4.74. The van der Waals surface area contributed by atoms with Crippen molar-refractivity contribution in [3.05, 3.63) is 242 Å². The predicted molar refractivity (Wildman–Crippen MR) is 273 cm³/mol. The first-order valence-corrected chi connectivity index (χ1v) is 22.1. The Bertz CT molecular complexity index is 2860. The van der Waals surface area contributed by atoms with E-state index in [1.807, 2.05) is 36.7 Å². The van der Waals surface area contributed by atoms with Crippen LogP contribution in [0.25, 0.3) is 78.7 Å². The molecule has 0 unspecified atom stereocenters. The number of hydrogen-bond donors (Lipinski definition) is 0. The molecule has 0 aliphatic heterocycles. The van der Waals surface area contributed by atoms with Crippen LogP contribution in [0.2, 0.25) is 0 Å². The summed E-state index contributed by atoms with van der Waals surface area (Å²) in [6.07, 6.45) is 7.91. The quantitative estimate of drug-likeness (QED) is 0.128. The molecule has 66 heavy (non-hydrogen) atoms. The molecule has 4 nitrogen and oxygen atoms in total. The Balaban J connectivity index is 0.000000191. The van der Waals surface area contributed by atoms with Crippen molar-refractivity contribution in [2.45, 2.75) is 47.0 Å². The maximum Gasteiger partial charge on any atom is 0.144 e. The Morgan fingerprint density at radius 3 is 1.15 bits per heavy atom. The molecule has 329 valence electrons. The van der Waals surface area contributed by atoms with E-state index in [1.54, 1.807) is 0 Å². The molecule has 10 rings (SSSR count). The van der Waals surface area contributed by atoms with Crippen LogP contribution >= 0.6 is 0 Å². The average molecular weight is 1040 g/mol. The fourth-order valence-electron chi connectivity index (χ4n) is 8.50. The van der Waals surface area contributed by atoms with Gasteiger partial charge in [0.05, 0.1) is 11.5 Å². The van der Waals surface area contributed by atoms with Crippen molar-refractivity contribution in [1.29, 1.82) is 0 Å². The number of benzene rings is 8. The van der Waals surface area contributed by atoms with Crippen molar-refractivity contribution < 1.29 is 20.1 Å². The zero-order valence-electron chi connectivity index (χ0n) is 37.1. The molecule has 8 aromatic carbocycles. The smallest absolute Gasteiger partial charge is 0.144 e. The topological polar surface area (TPSA) is 35.6 Å². The Hall–Kier alpha value is -7.17. The Morgan fingerprint density at radius 1 is 0.394 bits per heavy atom. The van der Waals surface area contributed by atoms with Gasteiger partial charge >= 0.3 is 0 Å². The molecule has 0 amide bonds. The van der Waals surface area contributed by atoms with Crippen LogP contribution in [0.15, 0.2) is 225 Å². The van der Waals surface area contributed by atoms with Crippen molar-refractivity contribution in [2.24, 2.45) is 0 Å². The molecule has 0 atom stereocenters. The van der Waals surface area contributed by atoms with Gasteiger partial charge in [0.1, 0.15) is 5.82 Å². The van der Waals surface area contributed by atoms with Gasteiger partial charge in [-0.3, -0.25) is 9.55 Å². The van der Waals surface area contributed by atoms with Crippen molar-refractivity contribution in [3.8, 4) is 78.7 Å². The molecule has 10 aromatic rings. The molecule has 0 bridgehead atoms. The van der Waals surface area contributed by atoms with Gasteiger partial charge in [-0.05, 0) is 80.6 Å². The summed E-state index contributed by atoms with van der Waals surface area (Å²) in [7, 11) is 0. The third-order valence-corrected chi connectivity index (χ3v) is 11.7. The van der Waals surface area contributed by atoms with Crippen LogP contribution in [0.3, 0.4) is 0 Å². The van der Waals surface area contributed by atoms with Gasteiger partial charge in [0.25, 0.3) is 0 Å². The monoisotopic (exact) mass is 1040 g/mol. The minimum absolute atomic E-state index is 0. The third-order valence-electron chi connectivity index (χ3n) is 11.7. The SMILES string of the molecule is C.CC(C)c1cc(-c2ccccc2)cc(-c2ccccc2)c1-n1ccnc1-c1[c-]cccc1.CC(C)c1cc(-c2ccccc2)cc(-c2ccccc2)c1-n1ccnc1-c1ccccc1.[Ir]. The summed E-state index contributed by atoms with van der Waals surface area (Å²) >= 11 is 0. The van der Waals surface area contributed by atoms with Crippen molar-refractivity contribution in [3.63, 3.8) is 0 Å². The molecule has 0 N–H and O–H groups in total. The van der Waals surface area contributed by atoms with Crippen LogP contribution in [0.4, 0.5) is 0 Å². The molecule has 0 fully saturated rings. The summed E-state index contributed by atoms with van der Waals surface area (Å²) in [5.41, 5.74) is 16.8. The standard InChI is InChI=1S/C30H26N2.C30H25N2.CH4.Ir/c2*1-22(2)27-20-26(23-12-6-3-7-13-23)21-28(24-14-8-4-9-15-24)29(27)32-19-18-31-30(32)25-16-10-5-11-17-25;;/h3-22H,1-2H3;3-16,18-22H,1-2H3;1H4;/q;-1;;. The van der Waals surface area contributed by atoms with Crippen molar-refractivity contribution >= 4 is 0 Å². The van der Waals surface area contributed by atoms with Gasteiger partial charge in [-0.15, -0.1) is 35.9 Å². The van der Waals surface area contributed by atoms with Gasteiger partial charge in [0.2, 0.25) is 0 Å². The van der Waals surface area contributed by atoms with Crippen molar-refractivity contribution in [1.82, 2.24) is 19.1 Å². The molecular formula is C61H55IrN4-. The molecule has 2 aromatic heterocycles. The van der Waals surface area contributed by atoms with E-state index in [1.165, 1.54) is 67.0 Å². The van der Waals surface area contributed by atoms with Crippen LogP contribution in [0, 0.1) is 6.07 Å². The summed E-state index contributed by atoms with van der Waals surface area (Å²) in [5.74, 6) is 2.54. The number of hydrogen-bond acceptors (Lipinski definition) is 2. The summed E-state index contributed by atoms with van der Waals surface area (Å²) in [5, 5.41) is 0. The maximum absolute atomic E-state index is 4.74. The first-order valence-electron chi connectivity index (χ1n) is 22.1. The molecule has 0 saturated carbocycles. The van der Waals surface area contributed by atoms with Crippen LogP contribution in [0.1, 0.15) is 58.1 Å². The average Bonchev–Trinajstić information content (AvgIpc) is 4.06. The molecule has 0 aliphatic rings. The second kappa shape index (κ2) is 21.7. The zero-order valence-corrected chi connectivity index (χ0v) is 39.5. The van der Waals surface area contributed by atoms with E-state index in [9.17, 15) is 0 Å². The summed E-state index contributed by atoms with van der Waals surface area (Å²) in [4.78, 5) is 9.45. The van der Waals surface area contributed by atoms with E-state index in [0.717, 1.165) is 22.8 Å². The van der Waals surface area contributed by atoms with E-state index in [4.69, 9.17) is 9.97 Å². The third kappa shape index (κ3) is 10.0. The van der Waals surface area contributed by atoms with Crippen LogP contribution < -0.4 is 0 Å². The summed E-state index contributed by atoms with van der Waals surface area (Å²) in [6, 6.07) is 73.6. The van der Waals surface area contributed by atoms with Gasteiger partial charge in [0, 0.05) is 67.3 Å². The van der Waals surface area contributed by atoms with Gasteiger partial charge in [-0.25, -0.2) is 4.98 Å². The van der Waals surface area contributed by atoms with E-state index < -0.39 is 0 Å². The number of aromatic nitrogens is 4. The molecule has 0 saturated heterocycles. The number of nitrogens with zero attached hydrogens (tertiary/aromatic N) is 4. The Labute approximate surface area is 404 Å². The van der Waals surface area contributed by atoms with Gasteiger partial charge in [-0.2, -0.15) is 0 Å². The second-order valence-corrected chi connectivity index (χ2v) is 16.6. The minimum atomic E-state index is 0. The summed E-state index contributed by atoms with van der Waals surface area (Å²) < 4.78 is 4.47. The molecule has 0 spiro atoms. The van der Waals surface area contributed by atoms with Crippen LogP contribution in [-0.2, 0) is 20.1 Å². The minimum Gasteiger partial charge on any atom is -0.339 e. The Morgan fingerprint density at radius 2 is 0.758 bits per heavy atom. The molecule has 0 aliphatic carbocycles. The van der Waals surface area contributed by atoms with Crippen molar-refractivity contribution in [2.75, 3.05) is 0 Å². The second-order valence-electron chi connectivity index (χ2n) is 16.6. The first kappa shape index (κ1) is 46.8. The molecular weight excluding hydrogens is 981 g/mol. The largest absolute Gasteiger partial charge is 0.339 e. The van der Waals surface area contributed by atoms with E-state index in [-0.39, 0.29) is 27.5 Å². The molecule has 1 radical (unpaired) electrons. The fourth-order valence-corrected chi connectivity index (χ4v) is 8.50. The van der Waals surface area contributed by atoms with Crippen LogP contribution in [-0.4, -0.2) is 19.1 Å². The summed E-state index contributed by atoms with van der Waals surface area (Å²) in [6.45, 7) is 9.05. The number of rotatable bonds is 10. The van der Waals surface area contributed by atoms with E-state index >= 15 is 0 Å². The first-order chi connectivity index (χ1) is 31.4. The van der Waals surface area contributed by atoms with Gasteiger partial charge < -0.3 is 4.57 Å². The van der Waals surface area contributed by atoms with Gasteiger partial charge in [-0.1, -0.05) is 187 Å².